The van der Waals surface area contributed by atoms with Gasteiger partial charge in [0.1, 0.15) is 0 Å². The average Bonchev–Trinajstić information content (AvgIpc) is 1.64. The van der Waals surface area contributed by atoms with Gasteiger partial charge in [-0.2, -0.15) is 21.4 Å². The fourth-order valence-corrected chi connectivity index (χ4v) is 0.518. The zero-order chi connectivity index (χ0) is 7.49. The van der Waals surface area contributed by atoms with Crippen LogP contribution in [0, 0.1) is 0 Å². The molecule has 0 aliphatic carbocycles. The molecule has 0 saturated carbocycles. The van der Waals surface area contributed by atoms with E-state index in [4.69, 9.17) is 0 Å². The van der Waals surface area contributed by atoms with E-state index in [1.807, 2.05) is 15.9 Å². The molecule has 0 spiro atoms. The molecule has 0 amide bonds. The Morgan fingerprint density at radius 1 is 1.67 bits per heavy atom. The summed E-state index contributed by atoms with van der Waals surface area (Å²) in [6, 6.07) is 0. The zero-order valence-electron chi connectivity index (χ0n) is 4.24. The highest BCUT2D eigenvalue weighted by Crippen LogP contribution is 2.31. The molecule has 0 aromatic heterocycles. The Morgan fingerprint density at radius 2 is 2.11 bits per heavy atom. The van der Waals surface area contributed by atoms with Crippen molar-refractivity contribution in [3.05, 3.63) is 11.9 Å². The summed E-state index contributed by atoms with van der Waals surface area (Å²) >= 11 is 5.36. The van der Waals surface area contributed by atoms with Gasteiger partial charge in [-0.15, -0.1) is 0 Å². The number of hydrogen-bond donors (Lipinski definition) is 1. The van der Waals surface area contributed by atoms with Crippen molar-refractivity contribution in [1.29, 1.82) is 0 Å². The van der Waals surface area contributed by atoms with Gasteiger partial charge in [-0.1, -0.05) is 0 Å². The van der Waals surface area contributed by atoms with Gasteiger partial charge in [-0.05, 0) is 22.0 Å². The van der Waals surface area contributed by atoms with E-state index in [9.17, 15) is 13.2 Å². The number of alkyl halides is 3. The molecule has 54 valence electrons. The quantitative estimate of drug-likeness (QED) is 0.537. The average molecular weight is 221 g/mol. The van der Waals surface area contributed by atoms with E-state index in [0.717, 1.165) is 0 Å². The second-order valence-electron chi connectivity index (χ2n) is 1.23. The molecule has 0 aliphatic heterocycles. The van der Waals surface area contributed by atoms with Crippen molar-refractivity contribution in [2.75, 3.05) is 5.75 Å². The van der Waals surface area contributed by atoms with E-state index in [1.165, 1.54) is 0 Å². The minimum atomic E-state index is -3.53. The van der Waals surface area contributed by atoms with Gasteiger partial charge >= 0.3 is 4.83 Å². The highest BCUT2D eigenvalue weighted by atomic mass is 79.9. The van der Waals surface area contributed by atoms with Crippen LogP contribution in [0.2, 0.25) is 0 Å². The van der Waals surface area contributed by atoms with Crippen LogP contribution in [0.3, 0.4) is 0 Å². The van der Waals surface area contributed by atoms with E-state index in [0.29, 0.717) is 6.08 Å². The molecule has 0 radical (unpaired) electrons. The smallest absolute Gasteiger partial charge is 0.204 e. The van der Waals surface area contributed by atoms with Crippen molar-refractivity contribution in [3.8, 4) is 0 Å². The lowest BCUT2D eigenvalue weighted by atomic mass is 10.5. The third-order valence-corrected chi connectivity index (χ3v) is 1.10. The molecule has 0 bridgehead atoms. The molecule has 9 heavy (non-hydrogen) atoms. The number of hydrogen-bond acceptors (Lipinski definition) is 1. The van der Waals surface area contributed by atoms with Crippen LogP contribution in [0.25, 0.3) is 0 Å². The molecule has 0 saturated heterocycles. The monoisotopic (exact) mass is 220 g/mol. The molecule has 0 aliphatic rings. The van der Waals surface area contributed by atoms with Gasteiger partial charge in [0.05, 0.1) is 0 Å². The van der Waals surface area contributed by atoms with Gasteiger partial charge in [-0.25, -0.2) is 4.39 Å². The number of allylic oxidation sites excluding steroid dienone is 1. The maximum atomic E-state index is 11.9. The lowest BCUT2D eigenvalue weighted by Gasteiger charge is -2.02. The summed E-state index contributed by atoms with van der Waals surface area (Å²) in [6.07, 6.45) is 0.692. The Kier molecular flexibility index (Phi) is 3.65. The highest BCUT2D eigenvalue weighted by Gasteiger charge is 2.29. The number of rotatable bonds is 2. The van der Waals surface area contributed by atoms with Crippen LogP contribution in [-0.4, -0.2) is 10.6 Å². The maximum Gasteiger partial charge on any atom is 0.351 e. The molecular weight excluding hydrogens is 217 g/mol. The van der Waals surface area contributed by atoms with Crippen molar-refractivity contribution < 1.29 is 13.2 Å². The lowest BCUT2D eigenvalue weighted by Crippen LogP contribution is -2.04. The lowest BCUT2D eigenvalue weighted by molar-refractivity contribution is 0.127. The van der Waals surface area contributed by atoms with Crippen LogP contribution in [0.1, 0.15) is 0 Å². The van der Waals surface area contributed by atoms with Crippen molar-refractivity contribution in [1.82, 2.24) is 0 Å². The number of halogens is 4. The molecule has 0 heterocycles. The van der Waals surface area contributed by atoms with E-state index in [2.05, 4.69) is 12.6 Å². The minimum Gasteiger partial charge on any atom is -0.204 e. The van der Waals surface area contributed by atoms with E-state index >= 15 is 0 Å². The van der Waals surface area contributed by atoms with Crippen molar-refractivity contribution in [2.45, 2.75) is 4.83 Å². The second kappa shape index (κ2) is 3.51. The van der Waals surface area contributed by atoms with E-state index < -0.39 is 10.7 Å². The summed E-state index contributed by atoms with van der Waals surface area (Å²) in [5, 5.41) is 0. The summed E-state index contributed by atoms with van der Waals surface area (Å²) in [5.41, 5.74) is 0. The van der Waals surface area contributed by atoms with Gasteiger partial charge in [0, 0.05) is 5.75 Å². The number of thiol groups is 1. The molecule has 0 atom stereocenters. The topological polar surface area (TPSA) is 0 Å². The van der Waals surface area contributed by atoms with Gasteiger partial charge in [0.2, 0.25) is 0 Å². The molecule has 5 heteroatoms. The first-order valence-corrected chi connectivity index (χ1v) is 3.44. The third kappa shape index (κ3) is 3.86. The molecule has 0 aromatic carbocycles. The molecule has 0 unspecified atom stereocenters. The van der Waals surface area contributed by atoms with Gasteiger partial charge < -0.3 is 0 Å². The SMILES string of the molecule is F/C(=C\CS)C(F)(F)Br. The first kappa shape index (κ1) is 9.36. The van der Waals surface area contributed by atoms with Crippen LogP contribution < -0.4 is 0 Å². The Labute approximate surface area is 64.7 Å². The predicted octanol–water partition coefficient (Wildman–Crippen LogP) is 2.76. The van der Waals surface area contributed by atoms with Crippen LogP contribution in [0.5, 0.6) is 0 Å². The molecule has 0 N–H and O–H groups in total. The van der Waals surface area contributed by atoms with E-state index in [-0.39, 0.29) is 5.75 Å². The summed E-state index contributed by atoms with van der Waals surface area (Å²) in [4.78, 5) is -3.53. The summed E-state index contributed by atoms with van der Waals surface area (Å²) in [6.45, 7) is 0. The first-order valence-electron chi connectivity index (χ1n) is 2.02. The second-order valence-corrected chi connectivity index (χ2v) is 2.59. The largest absolute Gasteiger partial charge is 0.351 e. The fourth-order valence-electron chi connectivity index (χ4n) is 0.196. The molecule has 0 aromatic rings. The highest BCUT2D eigenvalue weighted by molar-refractivity contribution is 9.10. The van der Waals surface area contributed by atoms with Crippen LogP contribution in [0.15, 0.2) is 11.9 Å². The van der Waals surface area contributed by atoms with Crippen LogP contribution in [0.4, 0.5) is 13.2 Å². The van der Waals surface area contributed by atoms with Crippen LogP contribution in [-0.2, 0) is 0 Å². The Hall–Kier alpha value is 0.360. The van der Waals surface area contributed by atoms with Crippen molar-refractivity contribution in [2.24, 2.45) is 0 Å². The fraction of sp³-hybridized carbons (Fsp3) is 0.500. The molecule has 0 nitrogen and oxygen atoms in total. The standard InChI is InChI=1S/C4H4BrF3S/c5-4(7,8)3(6)1-2-9/h1,9H,2H2/b3-1-. The summed E-state index contributed by atoms with van der Waals surface area (Å²) in [7, 11) is 0. The zero-order valence-corrected chi connectivity index (χ0v) is 6.72. The van der Waals surface area contributed by atoms with Gasteiger partial charge in [0.15, 0.2) is 5.83 Å². The minimum absolute atomic E-state index is 0.0347. The summed E-state index contributed by atoms with van der Waals surface area (Å²) in [5.74, 6) is -1.54. The van der Waals surface area contributed by atoms with Crippen molar-refractivity contribution in [3.63, 3.8) is 0 Å². The van der Waals surface area contributed by atoms with Gasteiger partial charge in [-0.3, -0.25) is 0 Å². The Bertz CT molecular complexity index is 117. The molecule has 0 rings (SSSR count). The Balaban J connectivity index is 4.03. The normalized spacial score (nSPS) is 14.1. The maximum absolute atomic E-state index is 11.9. The third-order valence-electron chi connectivity index (χ3n) is 0.541. The molecular formula is C4H4BrF3S. The summed E-state index contributed by atoms with van der Waals surface area (Å²) < 4.78 is 35.4. The first-order chi connectivity index (χ1) is 3.98. The van der Waals surface area contributed by atoms with Crippen LogP contribution >= 0.6 is 28.6 Å². The molecule has 0 fully saturated rings. The Morgan fingerprint density at radius 3 is 2.22 bits per heavy atom. The van der Waals surface area contributed by atoms with Crippen molar-refractivity contribution >= 4 is 28.6 Å². The predicted molar refractivity (Wildman–Crippen MR) is 36.9 cm³/mol. The van der Waals surface area contributed by atoms with E-state index in [1.54, 1.807) is 0 Å². The van der Waals surface area contributed by atoms with Gasteiger partial charge in [0.25, 0.3) is 0 Å².